The van der Waals surface area contributed by atoms with Crippen molar-refractivity contribution in [1.82, 2.24) is 9.55 Å². The monoisotopic (exact) mass is 371 g/mol. The fraction of sp³-hybridized carbons (Fsp3) is 0.706. The van der Waals surface area contributed by atoms with E-state index in [1.807, 2.05) is 0 Å². The summed E-state index contributed by atoms with van der Waals surface area (Å²) in [6, 6.07) is 0. The van der Waals surface area contributed by atoms with Crippen LogP contribution in [0.4, 0.5) is 10.6 Å². The topological polar surface area (TPSA) is 123 Å². The van der Waals surface area contributed by atoms with Crippen LogP contribution in [0.1, 0.15) is 51.8 Å². The van der Waals surface area contributed by atoms with Crippen molar-refractivity contribution in [2.24, 2.45) is 0 Å². The van der Waals surface area contributed by atoms with Crippen LogP contribution >= 0.6 is 0 Å². The first-order valence-electron chi connectivity index (χ1n) is 8.78. The van der Waals surface area contributed by atoms with Crippen molar-refractivity contribution in [2.75, 3.05) is 18.5 Å². The number of unbranched alkanes of at least 4 members (excludes halogenated alkanes) is 2. The molecule has 9 heteroatoms. The standard InChI is InChI=1S/C17H29N3O6/c1-5-6-7-8-25-17(24)19-15-11(2)9-20(16(23)18-15)13(4)26-12(3)14(22)10-21/h9,12-14,21-22H,5-8,10H2,1-4H3,(H,18,19,23,24)/t12-,13-,14?/m1/s1. The molecule has 9 nitrogen and oxygen atoms in total. The van der Waals surface area contributed by atoms with Gasteiger partial charge in [-0.1, -0.05) is 19.8 Å². The molecular formula is C17H29N3O6. The molecule has 1 amide bonds. The fourth-order valence-electron chi connectivity index (χ4n) is 2.22. The Bertz CT molecular complexity index is 633. The van der Waals surface area contributed by atoms with Gasteiger partial charge in [-0.15, -0.1) is 0 Å². The molecule has 0 radical (unpaired) electrons. The van der Waals surface area contributed by atoms with Gasteiger partial charge in [0.1, 0.15) is 18.1 Å². The van der Waals surface area contributed by atoms with Gasteiger partial charge < -0.3 is 19.7 Å². The molecule has 1 unspecified atom stereocenters. The number of ether oxygens (including phenoxy) is 2. The summed E-state index contributed by atoms with van der Waals surface area (Å²) in [5.41, 5.74) is -0.0593. The lowest BCUT2D eigenvalue weighted by atomic mass is 10.2. The number of nitrogens with zero attached hydrogens (tertiary/aromatic N) is 2. The van der Waals surface area contributed by atoms with E-state index in [2.05, 4.69) is 17.2 Å². The summed E-state index contributed by atoms with van der Waals surface area (Å²) in [6.07, 6.45) is 1.21. The minimum absolute atomic E-state index is 0.127. The zero-order valence-electron chi connectivity index (χ0n) is 15.8. The van der Waals surface area contributed by atoms with Crippen molar-refractivity contribution in [2.45, 2.75) is 65.4 Å². The second-order valence-corrected chi connectivity index (χ2v) is 6.12. The minimum Gasteiger partial charge on any atom is -0.449 e. The highest BCUT2D eigenvalue weighted by Crippen LogP contribution is 2.14. The normalized spacial score (nSPS) is 14.5. The van der Waals surface area contributed by atoms with Crippen LogP contribution < -0.4 is 11.0 Å². The number of aromatic nitrogens is 2. The minimum atomic E-state index is -1.05. The van der Waals surface area contributed by atoms with Crippen LogP contribution in [0, 0.1) is 6.92 Å². The Morgan fingerprint density at radius 2 is 2.08 bits per heavy atom. The molecule has 0 aliphatic carbocycles. The zero-order chi connectivity index (χ0) is 19.7. The molecule has 0 aliphatic heterocycles. The van der Waals surface area contributed by atoms with Crippen LogP contribution in [0.25, 0.3) is 0 Å². The summed E-state index contributed by atoms with van der Waals surface area (Å²) in [5, 5.41) is 21.0. The van der Waals surface area contributed by atoms with Gasteiger partial charge in [-0.05, 0) is 27.2 Å². The molecule has 1 rings (SSSR count). The maximum atomic E-state index is 12.2. The molecular weight excluding hydrogens is 342 g/mol. The van der Waals surface area contributed by atoms with Crippen LogP contribution in [-0.4, -0.2) is 51.3 Å². The number of amides is 1. The number of carbonyl (C=O) groups excluding carboxylic acids is 1. The average molecular weight is 371 g/mol. The third-order valence-corrected chi connectivity index (χ3v) is 3.87. The SMILES string of the molecule is CCCCCOC(=O)Nc1nc(=O)n([C@@H](C)O[C@H](C)C(O)CO)cc1C. The number of aliphatic hydroxyl groups is 2. The first kappa shape index (κ1) is 22.1. The van der Waals surface area contributed by atoms with Gasteiger partial charge in [0.05, 0.1) is 19.3 Å². The summed E-state index contributed by atoms with van der Waals surface area (Å²) >= 11 is 0. The maximum Gasteiger partial charge on any atom is 0.412 e. The predicted molar refractivity (Wildman–Crippen MR) is 96.1 cm³/mol. The Balaban J connectivity index is 2.75. The molecule has 0 aromatic carbocycles. The molecule has 3 atom stereocenters. The van der Waals surface area contributed by atoms with Gasteiger partial charge >= 0.3 is 11.8 Å². The lowest BCUT2D eigenvalue weighted by Crippen LogP contribution is -2.35. The Morgan fingerprint density at radius 3 is 2.69 bits per heavy atom. The van der Waals surface area contributed by atoms with Gasteiger partial charge in [0.2, 0.25) is 0 Å². The van der Waals surface area contributed by atoms with Gasteiger partial charge in [-0.3, -0.25) is 9.88 Å². The van der Waals surface area contributed by atoms with E-state index in [0.717, 1.165) is 19.3 Å². The van der Waals surface area contributed by atoms with E-state index >= 15 is 0 Å². The Hall–Kier alpha value is -1.97. The van der Waals surface area contributed by atoms with Crippen molar-refractivity contribution in [3.63, 3.8) is 0 Å². The first-order valence-corrected chi connectivity index (χ1v) is 8.78. The maximum absolute atomic E-state index is 12.2. The van der Waals surface area contributed by atoms with Crippen molar-refractivity contribution < 1.29 is 24.5 Å². The summed E-state index contributed by atoms with van der Waals surface area (Å²) in [5.74, 6) is 0.127. The Kier molecular flexibility index (Phi) is 9.25. The summed E-state index contributed by atoms with van der Waals surface area (Å²) in [6.45, 7) is 6.83. The highest BCUT2D eigenvalue weighted by Gasteiger charge is 2.19. The quantitative estimate of drug-likeness (QED) is 0.533. The molecule has 0 fully saturated rings. The lowest BCUT2D eigenvalue weighted by Gasteiger charge is -2.24. The van der Waals surface area contributed by atoms with E-state index in [4.69, 9.17) is 14.6 Å². The van der Waals surface area contributed by atoms with Crippen LogP contribution in [0.3, 0.4) is 0 Å². The number of aliphatic hydroxyl groups excluding tert-OH is 2. The van der Waals surface area contributed by atoms with Gasteiger partial charge in [0, 0.05) is 11.8 Å². The molecule has 0 saturated heterocycles. The number of aryl methyl sites for hydroxylation is 1. The molecule has 0 saturated carbocycles. The number of nitrogens with one attached hydrogen (secondary N) is 1. The first-order chi connectivity index (χ1) is 12.3. The van der Waals surface area contributed by atoms with Gasteiger partial charge in [-0.2, -0.15) is 4.98 Å². The second-order valence-electron chi connectivity index (χ2n) is 6.12. The van der Waals surface area contributed by atoms with E-state index in [1.165, 1.54) is 10.8 Å². The van der Waals surface area contributed by atoms with Crippen molar-refractivity contribution in [3.05, 3.63) is 22.2 Å². The summed E-state index contributed by atoms with van der Waals surface area (Å²) in [7, 11) is 0. The van der Waals surface area contributed by atoms with Crippen LogP contribution in [0.2, 0.25) is 0 Å². The number of carbonyl (C=O) groups is 1. The third kappa shape index (κ3) is 6.74. The van der Waals surface area contributed by atoms with Crippen molar-refractivity contribution >= 4 is 11.9 Å². The molecule has 1 heterocycles. The molecule has 26 heavy (non-hydrogen) atoms. The van der Waals surface area contributed by atoms with Gasteiger partial charge in [0.15, 0.2) is 0 Å². The number of hydrogen-bond acceptors (Lipinski definition) is 7. The van der Waals surface area contributed by atoms with E-state index in [0.29, 0.717) is 12.2 Å². The lowest BCUT2D eigenvalue weighted by molar-refractivity contribution is -0.102. The third-order valence-electron chi connectivity index (χ3n) is 3.87. The second kappa shape index (κ2) is 10.9. The van der Waals surface area contributed by atoms with E-state index in [-0.39, 0.29) is 5.82 Å². The fourth-order valence-corrected chi connectivity index (χ4v) is 2.22. The number of rotatable bonds is 10. The molecule has 3 N–H and O–H groups in total. The highest BCUT2D eigenvalue weighted by molar-refractivity contribution is 5.84. The summed E-state index contributed by atoms with van der Waals surface area (Å²) in [4.78, 5) is 27.8. The molecule has 1 aromatic heterocycles. The Labute approximate surface area is 153 Å². The van der Waals surface area contributed by atoms with Gasteiger partial charge in [0.25, 0.3) is 0 Å². The molecule has 1 aromatic rings. The van der Waals surface area contributed by atoms with E-state index in [9.17, 15) is 14.7 Å². The zero-order valence-corrected chi connectivity index (χ0v) is 15.8. The molecule has 0 spiro atoms. The van der Waals surface area contributed by atoms with Crippen LogP contribution in [-0.2, 0) is 9.47 Å². The Morgan fingerprint density at radius 1 is 1.38 bits per heavy atom. The predicted octanol–water partition coefficient (Wildman–Crippen LogP) is 1.57. The van der Waals surface area contributed by atoms with Crippen molar-refractivity contribution in [3.8, 4) is 0 Å². The highest BCUT2D eigenvalue weighted by atomic mass is 16.5. The van der Waals surface area contributed by atoms with Crippen LogP contribution in [0.15, 0.2) is 11.0 Å². The van der Waals surface area contributed by atoms with E-state index in [1.54, 1.807) is 20.8 Å². The number of anilines is 1. The smallest absolute Gasteiger partial charge is 0.412 e. The molecule has 0 aliphatic rings. The number of hydrogen-bond donors (Lipinski definition) is 3. The molecule has 148 valence electrons. The summed E-state index contributed by atoms with van der Waals surface area (Å²) < 4.78 is 11.8. The average Bonchev–Trinajstić information content (AvgIpc) is 2.60. The van der Waals surface area contributed by atoms with E-state index < -0.39 is 36.8 Å². The van der Waals surface area contributed by atoms with Gasteiger partial charge in [-0.25, -0.2) is 9.59 Å². The van der Waals surface area contributed by atoms with Crippen molar-refractivity contribution in [1.29, 1.82) is 0 Å². The van der Waals surface area contributed by atoms with Crippen LogP contribution in [0.5, 0.6) is 0 Å². The molecule has 0 bridgehead atoms. The largest absolute Gasteiger partial charge is 0.449 e.